The second-order valence-electron chi connectivity index (χ2n) is 6.14. The van der Waals surface area contributed by atoms with Crippen molar-refractivity contribution in [1.29, 1.82) is 0 Å². The van der Waals surface area contributed by atoms with Gasteiger partial charge in [0.2, 0.25) is 0 Å². The monoisotopic (exact) mass is 501 g/mol. The van der Waals surface area contributed by atoms with Gasteiger partial charge in [0.15, 0.2) is 5.96 Å². The summed E-state index contributed by atoms with van der Waals surface area (Å²) in [4.78, 5) is 12.8. The van der Waals surface area contributed by atoms with Gasteiger partial charge in [0.05, 0.1) is 13.1 Å². The molecule has 1 heterocycles. The summed E-state index contributed by atoms with van der Waals surface area (Å²) < 4.78 is 0. The molecule has 0 atom stereocenters. The number of hydrogen-bond donors (Lipinski definition) is 2. The van der Waals surface area contributed by atoms with Gasteiger partial charge in [-0.2, -0.15) is 0 Å². The quantitative estimate of drug-likeness (QED) is 0.308. The molecule has 150 valence electrons. The van der Waals surface area contributed by atoms with Crippen molar-refractivity contribution in [2.75, 3.05) is 19.6 Å². The molecule has 7 heteroatoms. The first-order valence-electron chi connectivity index (χ1n) is 9.38. The Morgan fingerprint density at radius 2 is 1.81 bits per heavy atom. The Morgan fingerprint density at radius 1 is 1.11 bits per heavy atom. The van der Waals surface area contributed by atoms with E-state index >= 15 is 0 Å². The van der Waals surface area contributed by atoms with Crippen LogP contribution in [0.2, 0.25) is 0 Å². The highest BCUT2D eigenvalue weighted by molar-refractivity contribution is 14.0. The zero-order chi connectivity index (χ0) is 18.8. The van der Waals surface area contributed by atoms with Crippen molar-refractivity contribution < 1.29 is 0 Å². The molecule has 0 saturated heterocycles. The molecule has 2 aromatic rings. The molecule has 0 unspecified atom stereocenters. The number of hydrogen-bond acceptors (Lipinski definition) is 4. The molecule has 2 N–H and O–H groups in total. The average Bonchev–Trinajstić information content (AvgIpc) is 3.08. The van der Waals surface area contributed by atoms with Gasteiger partial charge < -0.3 is 10.6 Å². The first-order valence-corrected chi connectivity index (χ1v) is 10.2. The maximum Gasteiger partial charge on any atom is 0.191 e. The van der Waals surface area contributed by atoms with E-state index in [1.54, 1.807) is 11.3 Å². The van der Waals surface area contributed by atoms with Crippen molar-refractivity contribution in [2.24, 2.45) is 4.99 Å². The van der Waals surface area contributed by atoms with Crippen LogP contribution in [0.25, 0.3) is 0 Å². The van der Waals surface area contributed by atoms with Crippen LogP contribution in [0, 0.1) is 6.92 Å². The van der Waals surface area contributed by atoms with Crippen molar-refractivity contribution >= 4 is 41.3 Å². The van der Waals surface area contributed by atoms with E-state index in [4.69, 9.17) is 4.99 Å². The van der Waals surface area contributed by atoms with Gasteiger partial charge in [0.25, 0.3) is 0 Å². The zero-order valence-corrected chi connectivity index (χ0v) is 19.9. The number of thiazole rings is 1. The van der Waals surface area contributed by atoms with Gasteiger partial charge in [-0.25, -0.2) is 9.98 Å². The Kier molecular flexibility index (Phi) is 11.5. The van der Waals surface area contributed by atoms with Crippen molar-refractivity contribution in [3.05, 3.63) is 51.5 Å². The molecule has 2 rings (SSSR count). The number of aromatic nitrogens is 1. The van der Waals surface area contributed by atoms with Gasteiger partial charge in [-0.1, -0.05) is 38.1 Å². The van der Waals surface area contributed by atoms with Crippen molar-refractivity contribution in [1.82, 2.24) is 20.5 Å². The van der Waals surface area contributed by atoms with Gasteiger partial charge in [-0.3, -0.25) is 4.90 Å². The van der Waals surface area contributed by atoms with Crippen LogP contribution in [0.1, 0.15) is 41.8 Å². The highest BCUT2D eigenvalue weighted by Crippen LogP contribution is 2.13. The Labute approximate surface area is 184 Å². The molecule has 0 amide bonds. The standard InChI is InChI=1S/C20H31N5S.HI/c1-5-21-20(24-14-19-22-12-16(4)26-19)23-13-17-10-8-9-11-18(17)15-25(6-2)7-3;/h8-12H,5-7,13-15H2,1-4H3,(H2,21,23,24);1H. The predicted molar refractivity (Wildman–Crippen MR) is 127 cm³/mol. The van der Waals surface area contributed by atoms with Gasteiger partial charge in [-0.15, -0.1) is 35.3 Å². The number of aryl methyl sites for hydroxylation is 1. The largest absolute Gasteiger partial charge is 0.357 e. The number of aliphatic imine (C=N–C) groups is 1. The molecule has 1 aromatic heterocycles. The van der Waals surface area contributed by atoms with Crippen LogP contribution in [-0.2, 0) is 19.6 Å². The summed E-state index contributed by atoms with van der Waals surface area (Å²) in [5.74, 6) is 0.831. The van der Waals surface area contributed by atoms with E-state index in [0.717, 1.165) is 37.1 Å². The topological polar surface area (TPSA) is 52.6 Å². The summed E-state index contributed by atoms with van der Waals surface area (Å²) in [7, 11) is 0. The van der Waals surface area contributed by atoms with Crippen LogP contribution in [0.4, 0.5) is 0 Å². The van der Waals surface area contributed by atoms with Crippen molar-refractivity contribution in [2.45, 2.75) is 47.3 Å². The molecule has 0 aliphatic heterocycles. The van der Waals surface area contributed by atoms with E-state index in [2.05, 4.69) is 72.5 Å². The number of guanidine groups is 1. The molecule has 0 aliphatic rings. The van der Waals surface area contributed by atoms with Crippen LogP contribution >= 0.6 is 35.3 Å². The summed E-state index contributed by atoms with van der Waals surface area (Å²) in [6.07, 6.45) is 1.91. The number of benzene rings is 1. The second-order valence-corrected chi connectivity index (χ2v) is 7.46. The second kappa shape index (κ2) is 13.1. The molecule has 5 nitrogen and oxygen atoms in total. The number of rotatable bonds is 9. The third kappa shape index (κ3) is 8.15. The van der Waals surface area contributed by atoms with E-state index in [0.29, 0.717) is 13.1 Å². The number of nitrogens with one attached hydrogen (secondary N) is 2. The zero-order valence-electron chi connectivity index (χ0n) is 16.8. The van der Waals surface area contributed by atoms with Gasteiger partial charge in [0, 0.05) is 24.2 Å². The minimum absolute atomic E-state index is 0. The van der Waals surface area contributed by atoms with E-state index in [1.807, 2.05) is 6.20 Å². The predicted octanol–water partition coefficient (Wildman–Crippen LogP) is 4.17. The normalized spacial score (nSPS) is 11.4. The van der Waals surface area contributed by atoms with Crippen LogP contribution in [-0.4, -0.2) is 35.5 Å². The number of halogens is 1. The molecule has 27 heavy (non-hydrogen) atoms. The maximum absolute atomic E-state index is 4.78. The van der Waals surface area contributed by atoms with E-state index in [9.17, 15) is 0 Å². The maximum atomic E-state index is 4.78. The summed E-state index contributed by atoms with van der Waals surface area (Å²) in [5.41, 5.74) is 2.63. The molecular weight excluding hydrogens is 469 g/mol. The summed E-state index contributed by atoms with van der Waals surface area (Å²) in [6.45, 7) is 13.9. The highest BCUT2D eigenvalue weighted by Gasteiger charge is 2.07. The molecule has 0 spiro atoms. The lowest BCUT2D eigenvalue weighted by Gasteiger charge is -2.20. The minimum atomic E-state index is 0. The Bertz CT molecular complexity index is 697. The molecule has 0 aliphatic carbocycles. The molecule has 0 bridgehead atoms. The highest BCUT2D eigenvalue weighted by atomic mass is 127. The fourth-order valence-corrected chi connectivity index (χ4v) is 3.43. The van der Waals surface area contributed by atoms with E-state index in [-0.39, 0.29) is 24.0 Å². The first kappa shape index (κ1) is 23.8. The van der Waals surface area contributed by atoms with Crippen LogP contribution in [0.3, 0.4) is 0 Å². The van der Waals surface area contributed by atoms with Gasteiger partial charge >= 0.3 is 0 Å². The number of nitrogens with zero attached hydrogens (tertiary/aromatic N) is 3. The Hall–Kier alpha value is -1.19. The first-order chi connectivity index (χ1) is 12.7. The van der Waals surface area contributed by atoms with Crippen LogP contribution < -0.4 is 10.6 Å². The van der Waals surface area contributed by atoms with Gasteiger partial charge in [-0.05, 0) is 38.1 Å². The van der Waals surface area contributed by atoms with Crippen LogP contribution in [0.15, 0.2) is 35.5 Å². The SMILES string of the molecule is CCNC(=NCc1ccccc1CN(CC)CC)NCc1ncc(C)s1.I. The fourth-order valence-electron chi connectivity index (χ4n) is 2.70. The van der Waals surface area contributed by atoms with Crippen LogP contribution in [0.5, 0.6) is 0 Å². The Morgan fingerprint density at radius 3 is 2.41 bits per heavy atom. The Balaban J connectivity index is 0.00000364. The summed E-state index contributed by atoms with van der Waals surface area (Å²) in [5, 5.41) is 7.78. The smallest absolute Gasteiger partial charge is 0.191 e. The van der Waals surface area contributed by atoms with E-state index in [1.165, 1.54) is 16.0 Å². The third-order valence-corrected chi connectivity index (χ3v) is 5.15. The average molecular weight is 501 g/mol. The molecule has 0 fully saturated rings. The molecule has 0 saturated carbocycles. The minimum Gasteiger partial charge on any atom is -0.357 e. The summed E-state index contributed by atoms with van der Waals surface area (Å²) in [6, 6.07) is 8.59. The fraction of sp³-hybridized carbons (Fsp3) is 0.500. The van der Waals surface area contributed by atoms with Crippen molar-refractivity contribution in [3.8, 4) is 0 Å². The molecular formula is C20H32IN5S. The lowest BCUT2D eigenvalue weighted by atomic mass is 10.1. The van der Waals surface area contributed by atoms with Gasteiger partial charge in [0.1, 0.15) is 5.01 Å². The lowest BCUT2D eigenvalue weighted by Crippen LogP contribution is -2.36. The molecule has 1 aromatic carbocycles. The lowest BCUT2D eigenvalue weighted by molar-refractivity contribution is 0.295. The van der Waals surface area contributed by atoms with Crippen molar-refractivity contribution in [3.63, 3.8) is 0 Å². The van der Waals surface area contributed by atoms with E-state index < -0.39 is 0 Å². The third-order valence-electron chi connectivity index (χ3n) is 4.23. The summed E-state index contributed by atoms with van der Waals surface area (Å²) >= 11 is 1.71. The molecule has 0 radical (unpaired) electrons.